The van der Waals surface area contributed by atoms with Gasteiger partial charge in [-0.3, -0.25) is 9.52 Å². The Balaban J connectivity index is 1.83. The van der Waals surface area contributed by atoms with E-state index in [1.165, 1.54) is 24.3 Å². The predicted octanol–water partition coefficient (Wildman–Crippen LogP) is 2.86. The van der Waals surface area contributed by atoms with Crippen molar-refractivity contribution in [2.75, 3.05) is 17.8 Å². The first-order valence-corrected chi connectivity index (χ1v) is 9.12. The number of benzene rings is 2. The van der Waals surface area contributed by atoms with Crippen molar-refractivity contribution in [2.45, 2.75) is 17.7 Å². The molecule has 0 aromatic heterocycles. The fourth-order valence-corrected chi connectivity index (χ4v) is 3.75. The van der Waals surface area contributed by atoms with Crippen molar-refractivity contribution >= 4 is 21.6 Å². The number of halogens is 1. The van der Waals surface area contributed by atoms with E-state index in [1.807, 2.05) is 0 Å². The van der Waals surface area contributed by atoms with Crippen molar-refractivity contribution in [1.82, 2.24) is 4.90 Å². The van der Waals surface area contributed by atoms with Gasteiger partial charge in [-0.25, -0.2) is 12.8 Å². The molecule has 0 unspecified atom stereocenters. The van der Waals surface area contributed by atoms with Crippen molar-refractivity contribution < 1.29 is 17.6 Å². The predicted molar refractivity (Wildman–Crippen MR) is 88.8 cm³/mol. The Morgan fingerprint density at radius 1 is 1.04 bits per heavy atom. The molecule has 0 atom stereocenters. The maximum atomic E-state index is 13.2. The minimum absolute atomic E-state index is 0.112. The molecule has 1 heterocycles. The molecule has 0 bridgehead atoms. The molecule has 1 N–H and O–H groups in total. The monoisotopic (exact) mass is 348 g/mol. The van der Waals surface area contributed by atoms with Gasteiger partial charge in [-0.2, -0.15) is 0 Å². The molecule has 3 rings (SSSR count). The second-order valence-corrected chi connectivity index (χ2v) is 7.33. The minimum atomic E-state index is -3.91. The highest BCUT2D eigenvalue weighted by atomic mass is 32.2. The number of carbonyl (C=O) groups excluding carboxylic acids is 1. The van der Waals surface area contributed by atoms with Crippen LogP contribution < -0.4 is 4.72 Å². The van der Waals surface area contributed by atoms with E-state index in [2.05, 4.69) is 4.72 Å². The van der Waals surface area contributed by atoms with Crippen LogP contribution in [0.25, 0.3) is 0 Å². The first-order valence-electron chi connectivity index (χ1n) is 7.63. The van der Waals surface area contributed by atoms with Gasteiger partial charge in [-0.1, -0.05) is 12.1 Å². The molecule has 0 saturated carbocycles. The van der Waals surface area contributed by atoms with Crippen LogP contribution in [0.5, 0.6) is 0 Å². The van der Waals surface area contributed by atoms with Crippen molar-refractivity contribution in [3.8, 4) is 0 Å². The molecular weight excluding hydrogens is 331 g/mol. The van der Waals surface area contributed by atoms with E-state index in [4.69, 9.17) is 0 Å². The number of carbonyl (C=O) groups is 1. The lowest BCUT2D eigenvalue weighted by atomic mass is 10.2. The Kier molecular flexibility index (Phi) is 4.53. The number of rotatable bonds is 4. The van der Waals surface area contributed by atoms with E-state index in [-0.39, 0.29) is 16.5 Å². The topological polar surface area (TPSA) is 66.5 Å². The molecule has 126 valence electrons. The third-order valence-electron chi connectivity index (χ3n) is 3.86. The van der Waals surface area contributed by atoms with Gasteiger partial charge >= 0.3 is 0 Å². The van der Waals surface area contributed by atoms with E-state index >= 15 is 0 Å². The summed E-state index contributed by atoms with van der Waals surface area (Å²) in [6.07, 6.45) is 1.97. The molecule has 1 aliphatic rings. The zero-order valence-electron chi connectivity index (χ0n) is 12.9. The summed E-state index contributed by atoms with van der Waals surface area (Å²) in [6.45, 7) is 1.44. The van der Waals surface area contributed by atoms with Gasteiger partial charge in [0, 0.05) is 24.3 Å². The quantitative estimate of drug-likeness (QED) is 0.924. The van der Waals surface area contributed by atoms with Gasteiger partial charge in [-0.05, 0) is 49.2 Å². The van der Waals surface area contributed by atoms with Gasteiger partial charge in [0.15, 0.2) is 0 Å². The molecule has 1 saturated heterocycles. The highest BCUT2D eigenvalue weighted by Gasteiger charge is 2.20. The number of hydrogen-bond donors (Lipinski definition) is 1. The number of nitrogens with zero attached hydrogens (tertiary/aromatic N) is 1. The highest BCUT2D eigenvalue weighted by Crippen LogP contribution is 2.20. The van der Waals surface area contributed by atoms with Crippen LogP contribution in [0.1, 0.15) is 23.2 Å². The Bertz CT molecular complexity index is 862. The minimum Gasteiger partial charge on any atom is -0.339 e. The first kappa shape index (κ1) is 16.4. The van der Waals surface area contributed by atoms with Gasteiger partial charge in [0.25, 0.3) is 15.9 Å². The molecule has 7 heteroatoms. The van der Waals surface area contributed by atoms with Crippen LogP contribution in [0.15, 0.2) is 53.4 Å². The van der Waals surface area contributed by atoms with E-state index in [0.29, 0.717) is 5.56 Å². The van der Waals surface area contributed by atoms with E-state index in [0.717, 1.165) is 32.0 Å². The molecule has 2 aromatic carbocycles. The molecule has 5 nitrogen and oxygen atoms in total. The molecule has 1 amide bonds. The number of amides is 1. The smallest absolute Gasteiger partial charge is 0.261 e. The molecule has 0 aliphatic carbocycles. The molecule has 24 heavy (non-hydrogen) atoms. The van der Waals surface area contributed by atoms with E-state index < -0.39 is 15.8 Å². The lowest BCUT2D eigenvalue weighted by molar-refractivity contribution is 0.0793. The van der Waals surface area contributed by atoms with Crippen molar-refractivity contribution in [1.29, 1.82) is 0 Å². The lowest BCUT2D eigenvalue weighted by Crippen LogP contribution is -2.27. The Labute approximate surface area is 140 Å². The van der Waals surface area contributed by atoms with Crippen LogP contribution in [0, 0.1) is 5.82 Å². The van der Waals surface area contributed by atoms with Gasteiger partial charge in [-0.15, -0.1) is 0 Å². The fourth-order valence-electron chi connectivity index (χ4n) is 2.67. The Morgan fingerprint density at radius 2 is 1.75 bits per heavy atom. The Hall–Kier alpha value is -2.41. The van der Waals surface area contributed by atoms with Gasteiger partial charge in [0.1, 0.15) is 5.82 Å². The van der Waals surface area contributed by atoms with Gasteiger partial charge < -0.3 is 4.90 Å². The first-order chi connectivity index (χ1) is 11.5. The number of sulfonamides is 1. The largest absolute Gasteiger partial charge is 0.339 e. The maximum Gasteiger partial charge on any atom is 0.261 e. The summed E-state index contributed by atoms with van der Waals surface area (Å²) >= 11 is 0. The second kappa shape index (κ2) is 6.60. The summed E-state index contributed by atoms with van der Waals surface area (Å²) in [5, 5.41) is 0. The Morgan fingerprint density at radius 3 is 2.46 bits per heavy atom. The third kappa shape index (κ3) is 3.56. The molecule has 1 fully saturated rings. The lowest BCUT2D eigenvalue weighted by Gasteiger charge is -2.16. The van der Waals surface area contributed by atoms with Crippen molar-refractivity contribution in [3.05, 3.63) is 59.9 Å². The number of likely N-dealkylation sites (tertiary alicyclic amines) is 1. The number of hydrogen-bond acceptors (Lipinski definition) is 3. The fraction of sp³-hybridized carbons (Fsp3) is 0.235. The molecule has 1 aliphatic heterocycles. The van der Waals surface area contributed by atoms with Gasteiger partial charge in [0.2, 0.25) is 0 Å². The summed E-state index contributed by atoms with van der Waals surface area (Å²) < 4.78 is 40.3. The highest BCUT2D eigenvalue weighted by molar-refractivity contribution is 7.92. The van der Waals surface area contributed by atoms with Gasteiger partial charge in [0.05, 0.1) is 4.90 Å². The maximum absolute atomic E-state index is 13.2. The third-order valence-corrected chi connectivity index (χ3v) is 5.24. The van der Waals surface area contributed by atoms with Crippen LogP contribution in [-0.4, -0.2) is 32.3 Å². The van der Waals surface area contributed by atoms with Crippen molar-refractivity contribution in [3.63, 3.8) is 0 Å². The molecule has 0 radical (unpaired) electrons. The summed E-state index contributed by atoms with van der Waals surface area (Å²) in [7, 11) is -3.91. The van der Waals surface area contributed by atoms with E-state index in [9.17, 15) is 17.6 Å². The number of anilines is 1. The standard InChI is InChI=1S/C17H17FN2O3S/c18-14-6-4-8-16(12-14)24(22,23)19-15-7-3-5-13(11-15)17(21)20-9-1-2-10-20/h3-8,11-12,19H,1-2,9-10H2. The molecular formula is C17H17FN2O3S. The SMILES string of the molecule is O=C(c1cccc(NS(=O)(=O)c2cccc(F)c2)c1)N1CCCC1. The number of nitrogens with one attached hydrogen (secondary N) is 1. The summed E-state index contributed by atoms with van der Waals surface area (Å²) in [5.41, 5.74) is 0.695. The molecule has 2 aromatic rings. The second-order valence-electron chi connectivity index (χ2n) is 5.64. The zero-order chi connectivity index (χ0) is 17.2. The molecule has 0 spiro atoms. The average molecular weight is 348 g/mol. The normalized spacial score (nSPS) is 14.6. The van der Waals surface area contributed by atoms with Crippen LogP contribution in [-0.2, 0) is 10.0 Å². The van der Waals surface area contributed by atoms with Crippen LogP contribution >= 0.6 is 0 Å². The van der Waals surface area contributed by atoms with Crippen LogP contribution in [0.3, 0.4) is 0 Å². The average Bonchev–Trinajstić information content (AvgIpc) is 3.08. The summed E-state index contributed by atoms with van der Waals surface area (Å²) in [5.74, 6) is -0.741. The van der Waals surface area contributed by atoms with Crippen molar-refractivity contribution in [2.24, 2.45) is 0 Å². The zero-order valence-corrected chi connectivity index (χ0v) is 13.7. The van der Waals surface area contributed by atoms with Crippen LogP contribution in [0.2, 0.25) is 0 Å². The summed E-state index contributed by atoms with van der Waals surface area (Å²) in [6, 6.07) is 11.1. The van der Waals surface area contributed by atoms with Crippen LogP contribution in [0.4, 0.5) is 10.1 Å². The van der Waals surface area contributed by atoms with E-state index in [1.54, 1.807) is 23.1 Å². The summed E-state index contributed by atoms with van der Waals surface area (Å²) in [4.78, 5) is 14.0.